The Bertz CT molecular complexity index is 518. The van der Waals surface area contributed by atoms with Crippen LogP contribution in [0.2, 0.25) is 0 Å². The van der Waals surface area contributed by atoms with Gasteiger partial charge in [0.05, 0.1) is 19.6 Å². The summed E-state index contributed by atoms with van der Waals surface area (Å²) in [6.45, 7) is 6.71. The number of quaternary nitrogens is 1. The van der Waals surface area contributed by atoms with E-state index in [1.807, 2.05) is 4.90 Å². The molecule has 1 heterocycles. The van der Waals surface area contributed by atoms with Crippen molar-refractivity contribution in [1.29, 1.82) is 0 Å². The van der Waals surface area contributed by atoms with Gasteiger partial charge in [0.15, 0.2) is 0 Å². The predicted octanol–water partition coefficient (Wildman–Crippen LogP) is 2.87. The highest BCUT2D eigenvalue weighted by molar-refractivity contribution is 5.12. The van der Waals surface area contributed by atoms with Crippen molar-refractivity contribution in [2.45, 2.75) is 83.7 Å². The highest BCUT2D eigenvalue weighted by atomic mass is 15.2. The van der Waals surface area contributed by atoms with E-state index in [0.29, 0.717) is 11.5 Å². The molecule has 4 saturated carbocycles. The van der Waals surface area contributed by atoms with Crippen LogP contribution < -0.4 is 10.6 Å². The maximum absolute atomic E-state index is 6.35. The summed E-state index contributed by atoms with van der Waals surface area (Å²) in [5.41, 5.74) is 7.71. The summed E-state index contributed by atoms with van der Waals surface area (Å²) in [7, 11) is 2.47. The van der Waals surface area contributed by atoms with Gasteiger partial charge in [-0.05, 0) is 93.8 Å². The third-order valence-corrected chi connectivity index (χ3v) is 10.5. The molecule has 0 bridgehead atoms. The van der Waals surface area contributed by atoms with Crippen LogP contribution in [0.3, 0.4) is 0 Å². The molecule has 5 rings (SSSR count). The largest absolute Gasteiger partial charge is 0.334 e. The SMILES string of the molecule is CC1[C@H]2CC[C@@H]3[C@@H]4CC[C@H]5C[C@@H](N)CC[C@@]5(C)[C@H]4CC[C@]23C[NH+]1C. The Kier molecular flexibility index (Phi) is 3.51. The number of nitrogens with two attached hydrogens (primary N) is 1. The molecule has 10 atom stereocenters. The van der Waals surface area contributed by atoms with Gasteiger partial charge in [-0.15, -0.1) is 0 Å². The maximum atomic E-state index is 6.35. The number of hydrogen-bond acceptors (Lipinski definition) is 1. The van der Waals surface area contributed by atoms with Gasteiger partial charge in [0.1, 0.15) is 0 Å². The van der Waals surface area contributed by atoms with Gasteiger partial charge in [-0.2, -0.15) is 0 Å². The van der Waals surface area contributed by atoms with E-state index in [2.05, 4.69) is 20.9 Å². The molecule has 2 nitrogen and oxygen atoms in total. The molecule has 1 aliphatic heterocycles. The van der Waals surface area contributed by atoms with Crippen molar-refractivity contribution in [3.8, 4) is 0 Å². The number of rotatable bonds is 0. The molecule has 5 aliphatic rings. The fraction of sp³-hybridized carbons (Fsp3) is 1.00. The Morgan fingerprint density at radius 1 is 0.917 bits per heavy atom. The normalized spacial score (nSPS) is 62.5. The molecule has 4 aliphatic carbocycles. The van der Waals surface area contributed by atoms with E-state index < -0.39 is 0 Å². The fourth-order valence-corrected chi connectivity index (χ4v) is 9.26. The molecular weight excluding hydrogens is 292 g/mol. The summed E-state index contributed by atoms with van der Waals surface area (Å²) in [5, 5.41) is 0. The Hall–Kier alpha value is -0.0800. The van der Waals surface area contributed by atoms with E-state index in [0.717, 1.165) is 41.0 Å². The lowest BCUT2D eigenvalue weighted by molar-refractivity contribution is -0.895. The smallest absolute Gasteiger partial charge is 0.0880 e. The molecule has 136 valence electrons. The minimum atomic E-state index is 0.498. The monoisotopic (exact) mass is 331 g/mol. The van der Waals surface area contributed by atoms with E-state index in [1.54, 1.807) is 19.3 Å². The van der Waals surface area contributed by atoms with Crippen LogP contribution in [-0.2, 0) is 0 Å². The molecule has 1 saturated heterocycles. The van der Waals surface area contributed by atoms with Gasteiger partial charge in [0.25, 0.3) is 0 Å². The quantitative estimate of drug-likeness (QED) is 0.702. The van der Waals surface area contributed by atoms with Crippen LogP contribution in [0.15, 0.2) is 0 Å². The molecule has 0 aromatic carbocycles. The molecule has 3 N–H and O–H groups in total. The van der Waals surface area contributed by atoms with E-state index in [1.165, 1.54) is 45.1 Å². The first-order chi connectivity index (χ1) is 11.5. The van der Waals surface area contributed by atoms with Gasteiger partial charge in [-0.3, -0.25) is 0 Å². The topological polar surface area (TPSA) is 30.5 Å². The molecule has 0 aromatic rings. The first-order valence-corrected chi connectivity index (χ1v) is 11.0. The second kappa shape index (κ2) is 5.22. The van der Waals surface area contributed by atoms with Crippen LogP contribution in [0.1, 0.15) is 71.6 Å². The first-order valence-electron chi connectivity index (χ1n) is 11.0. The maximum Gasteiger partial charge on any atom is 0.0880 e. The molecule has 2 unspecified atom stereocenters. The van der Waals surface area contributed by atoms with Gasteiger partial charge in [0.2, 0.25) is 0 Å². The van der Waals surface area contributed by atoms with Crippen LogP contribution >= 0.6 is 0 Å². The molecule has 24 heavy (non-hydrogen) atoms. The van der Waals surface area contributed by atoms with Gasteiger partial charge in [0, 0.05) is 17.4 Å². The highest BCUT2D eigenvalue weighted by Crippen LogP contribution is 2.68. The van der Waals surface area contributed by atoms with Crippen LogP contribution in [-0.4, -0.2) is 25.7 Å². The van der Waals surface area contributed by atoms with Gasteiger partial charge >= 0.3 is 0 Å². The van der Waals surface area contributed by atoms with Crippen molar-refractivity contribution in [2.24, 2.45) is 46.2 Å². The first kappa shape index (κ1) is 16.1. The van der Waals surface area contributed by atoms with Crippen LogP contribution in [0, 0.1) is 40.4 Å². The fourth-order valence-electron chi connectivity index (χ4n) is 9.26. The lowest BCUT2D eigenvalue weighted by Gasteiger charge is -2.60. The summed E-state index contributed by atoms with van der Waals surface area (Å²) in [5.74, 6) is 5.11. The Balaban J connectivity index is 1.45. The lowest BCUT2D eigenvalue weighted by Crippen LogP contribution is -3.11. The van der Waals surface area contributed by atoms with Crippen molar-refractivity contribution in [1.82, 2.24) is 0 Å². The number of likely N-dealkylation sites (tertiary alicyclic amines) is 1. The molecular formula is C22H39N2+. The number of nitrogens with one attached hydrogen (secondary N) is 1. The molecule has 5 fully saturated rings. The zero-order chi connectivity index (χ0) is 16.7. The predicted molar refractivity (Wildman–Crippen MR) is 98.7 cm³/mol. The second-order valence-corrected chi connectivity index (χ2v) is 11.0. The zero-order valence-corrected chi connectivity index (χ0v) is 16.2. The average molecular weight is 332 g/mol. The van der Waals surface area contributed by atoms with E-state index in [4.69, 9.17) is 5.73 Å². The molecule has 0 radical (unpaired) electrons. The number of hydrogen-bond donors (Lipinski definition) is 2. The van der Waals surface area contributed by atoms with Gasteiger partial charge in [-0.25, -0.2) is 0 Å². The highest BCUT2D eigenvalue weighted by Gasteiger charge is 2.66. The van der Waals surface area contributed by atoms with Crippen molar-refractivity contribution >= 4 is 0 Å². The van der Waals surface area contributed by atoms with Crippen LogP contribution in [0.25, 0.3) is 0 Å². The van der Waals surface area contributed by atoms with Crippen molar-refractivity contribution in [3.63, 3.8) is 0 Å². The minimum Gasteiger partial charge on any atom is -0.334 e. The van der Waals surface area contributed by atoms with E-state index >= 15 is 0 Å². The van der Waals surface area contributed by atoms with Crippen molar-refractivity contribution in [2.75, 3.05) is 13.6 Å². The summed E-state index contributed by atoms with van der Waals surface area (Å²) >= 11 is 0. The summed E-state index contributed by atoms with van der Waals surface area (Å²) < 4.78 is 0. The van der Waals surface area contributed by atoms with Crippen molar-refractivity contribution in [3.05, 3.63) is 0 Å². The molecule has 1 spiro atoms. The second-order valence-electron chi connectivity index (χ2n) is 11.0. The van der Waals surface area contributed by atoms with Gasteiger partial charge < -0.3 is 10.6 Å². The lowest BCUT2D eigenvalue weighted by atomic mass is 9.44. The third-order valence-electron chi connectivity index (χ3n) is 10.5. The average Bonchev–Trinajstić information content (AvgIpc) is 3.03. The Labute approximate surface area is 148 Å². The Morgan fingerprint density at radius 2 is 1.71 bits per heavy atom. The zero-order valence-electron chi connectivity index (χ0n) is 16.2. The minimum absolute atomic E-state index is 0.498. The molecule has 2 heteroatoms. The van der Waals surface area contributed by atoms with E-state index in [9.17, 15) is 0 Å². The Morgan fingerprint density at radius 3 is 2.54 bits per heavy atom. The summed E-state index contributed by atoms with van der Waals surface area (Å²) in [4.78, 5) is 1.84. The van der Waals surface area contributed by atoms with E-state index in [-0.39, 0.29) is 0 Å². The van der Waals surface area contributed by atoms with Crippen LogP contribution in [0.5, 0.6) is 0 Å². The third kappa shape index (κ3) is 1.91. The number of fused-ring (bicyclic) bond motifs is 4. The summed E-state index contributed by atoms with van der Waals surface area (Å²) in [6.07, 6.45) is 13.2. The molecule has 0 aromatic heterocycles. The van der Waals surface area contributed by atoms with Gasteiger partial charge in [-0.1, -0.05) is 6.92 Å². The van der Waals surface area contributed by atoms with Crippen LogP contribution in [0.4, 0.5) is 0 Å². The van der Waals surface area contributed by atoms with Crippen molar-refractivity contribution < 1.29 is 4.90 Å². The standard InChI is InChI=1S/C22H38N2/c1-14-18-6-7-20-17-5-4-15-12-16(23)8-10-21(15,2)19(17)9-11-22(18,20)13-24(14)3/h14-20H,4-13,23H2,1-3H3/p+1/t14?,15-,16-,17+,18+,19-,20+,21+,22-/m0/s1. The molecule has 0 amide bonds. The summed E-state index contributed by atoms with van der Waals surface area (Å²) in [6, 6.07) is 1.41.